The van der Waals surface area contributed by atoms with Crippen molar-refractivity contribution in [2.45, 2.75) is 58.5 Å². The van der Waals surface area contributed by atoms with Crippen LogP contribution in [0.1, 0.15) is 52.4 Å². The highest BCUT2D eigenvalue weighted by atomic mass is 16.5. The zero-order chi connectivity index (χ0) is 13.8. The van der Waals surface area contributed by atoms with Crippen LogP contribution in [-0.2, 0) is 19.1 Å². The smallest absolute Gasteiger partial charge is 0.308 e. The van der Waals surface area contributed by atoms with Crippen LogP contribution in [0.5, 0.6) is 0 Å². The van der Waals surface area contributed by atoms with E-state index in [0.717, 1.165) is 25.7 Å². The maximum atomic E-state index is 11.2. The van der Waals surface area contributed by atoms with Crippen LogP contribution in [0.4, 0.5) is 0 Å². The minimum absolute atomic E-state index is 0.160. The topological polar surface area (TPSA) is 72.8 Å². The van der Waals surface area contributed by atoms with Gasteiger partial charge in [0.1, 0.15) is 0 Å². The van der Waals surface area contributed by atoms with Gasteiger partial charge in [-0.15, -0.1) is 0 Å². The maximum absolute atomic E-state index is 11.2. The van der Waals surface area contributed by atoms with Gasteiger partial charge in [-0.3, -0.25) is 9.59 Å². The Kier molecular flexibility index (Phi) is 10.3. The Morgan fingerprint density at radius 2 is 1.33 bits per heavy atom. The standard InChI is InChI=1S/C13H24O5/c1-3-5-7-17-12(15)9-11(14)10-13(16)18-8-6-4-2/h11,14H,3-10H2,1-2H3. The number of esters is 2. The van der Waals surface area contributed by atoms with Crippen molar-refractivity contribution < 1.29 is 24.2 Å². The molecule has 106 valence electrons. The minimum Gasteiger partial charge on any atom is -0.466 e. The molecule has 0 aliphatic carbocycles. The van der Waals surface area contributed by atoms with E-state index in [1.807, 2.05) is 13.8 Å². The monoisotopic (exact) mass is 260 g/mol. The van der Waals surface area contributed by atoms with Gasteiger partial charge in [-0.05, 0) is 12.8 Å². The third kappa shape index (κ3) is 10.1. The fourth-order valence-corrected chi connectivity index (χ4v) is 1.24. The number of aliphatic hydroxyl groups excluding tert-OH is 1. The van der Waals surface area contributed by atoms with Crippen LogP contribution in [0.3, 0.4) is 0 Å². The van der Waals surface area contributed by atoms with Crippen molar-refractivity contribution in [1.29, 1.82) is 0 Å². The molecule has 0 aliphatic heterocycles. The number of carbonyl (C=O) groups is 2. The van der Waals surface area contributed by atoms with Crippen LogP contribution in [0.15, 0.2) is 0 Å². The average molecular weight is 260 g/mol. The van der Waals surface area contributed by atoms with Crippen LogP contribution in [-0.4, -0.2) is 36.4 Å². The van der Waals surface area contributed by atoms with Gasteiger partial charge >= 0.3 is 11.9 Å². The summed E-state index contributed by atoms with van der Waals surface area (Å²) >= 11 is 0. The summed E-state index contributed by atoms with van der Waals surface area (Å²) in [6.07, 6.45) is 2.16. The molecule has 0 atom stereocenters. The lowest BCUT2D eigenvalue weighted by molar-refractivity contribution is -0.149. The van der Waals surface area contributed by atoms with Gasteiger partial charge in [0, 0.05) is 0 Å². The lowest BCUT2D eigenvalue weighted by Gasteiger charge is -2.10. The Bertz CT molecular complexity index is 216. The number of ether oxygens (including phenoxy) is 2. The first-order valence-corrected chi connectivity index (χ1v) is 6.59. The molecule has 0 aromatic heterocycles. The van der Waals surface area contributed by atoms with Gasteiger partial charge in [-0.1, -0.05) is 26.7 Å². The SMILES string of the molecule is CCCCOC(=O)CC(O)CC(=O)OCCCC. The molecular formula is C13H24O5. The fourth-order valence-electron chi connectivity index (χ4n) is 1.24. The van der Waals surface area contributed by atoms with E-state index >= 15 is 0 Å². The number of rotatable bonds is 10. The van der Waals surface area contributed by atoms with E-state index in [2.05, 4.69) is 0 Å². The van der Waals surface area contributed by atoms with Crippen molar-refractivity contribution in [1.82, 2.24) is 0 Å². The molecule has 1 N–H and O–H groups in total. The second-order valence-corrected chi connectivity index (χ2v) is 4.21. The van der Waals surface area contributed by atoms with Crippen LogP contribution < -0.4 is 0 Å². The molecule has 5 heteroatoms. The Morgan fingerprint density at radius 3 is 1.67 bits per heavy atom. The zero-order valence-electron chi connectivity index (χ0n) is 11.3. The first-order chi connectivity index (χ1) is 8.60. The molecule has 18 heavy (non-hydrogen) atoms. The molecule has 0 aliphatic rings. The summed E-state index contributed by atoms with van der Waals surface area (Å²) in [6.45, 7) is 4.72. The van der Waals surface area contributed by atoms with Gasteiger partial charge in [-0.2, -0.15) is 0 Å². The molecule has 0 aromatic carbocycles. The molecule has 0 heterocycles. The fraction of sp³-hybridized carbons (Fsp3) is 0.846. The van der Waals surface area contributed by atoms with Crippen LogP contribution in [0, 0.1) is 0 Å². The van der Waals surface area contributed by atoms with Crippen LogP contribution in [0.25, 0.3) is 0 Å². The predicted molar refractivity (Wildman–Crippen MR) is 67.0 cm³/mol. The summed E-state index contributed by atoms with van der Waals surface area (Å²) in [5.74, 6) is -0.949. The zero-order valence-corrected chi connectivity index (χ0v) is 11.3. The van der Waals surface area contributed by atoms with Gasteiger partial charge in [-0.25, -0.2) is 0 Å². The molecule has 0 aromatic rings. The van der Waals surface area contributed by atoms with Crippen molar-refractivity contribution in [3.05, 3.63) is 0 Å². The van der Waals surface area contributed by atoms with Gasteiger partial charge in [0.25, 0.3) is 0 Å². The highest BCUT2D eigenvalue weighted by Gasteiger charge is 2.16. The number of unbranched alkanes of at least 4 members (excludes halogenated alkanes) is 2. The summed E-state index contributed by atoms with van der Waals surface area (Å²) in [5.41, 5.74) is 0. The highest BCUT2D eigenvalue weighted by molar-refractivity contribution is 5.73. The van der Waals surface area contributed by atoms with Crippen molar-refractivity contribution in [2.75, 3.05) is 13.2 Å². The number of hydrogen-bond donors (Lipinski definition) is 1. The molecule has 0 bridgehead atoms. The first-order valence-electron chi connectivity index (χ1n) is 6.59. The number of hydrogen-bond acceptors (Lipinski definition) is 5. The molecule has 0 saturated heterocycles. The molecule has 0 radical (unpaired) electrons. The molecule has 0 unspecified atom stereocenters. The summed E-state index contributed by atoms with van der Waals surface area (Å²) in [6, 6.07) is 0. The van der Waals surface area contributed by atoms with Gasteiger partial charge in [0.15, 0.2) is 0 Å². The van der Waals surface area contributed by atoms with E-state index in [0.29, 0.717) is 13.2 Å². The third-order valence-corrected chi connectivity index (χ3v) is 2.33. The lowest BCUT2D eigenvalue weighted by atomic mass is 10.2. The van der Waals surface area contributed by atoms with Gasteiger partial charge < -0.3 is 14.6 Å². The van der Waals surface area contributed by atoms with Crippen molar-refractivity contribution in [3.8, 4) is 0 Å². The normalized spacial score (nSPS) is 10.4. The largest absolute Gasteiger partial charge is 0.466 e. The van der Waals surface area contributed by atoms with Crippen molar-refractivity contribution >= 4 is 11.9 Å². The summed E-state index contributed by atoms with van der Waals surface area (Å²) in [7, 11) is 0. The Morgan fingerprint density at radius 1 is 0.944 bits per heavy atom. The van der Waals surface area contributed by atoms with Crippen LogP contribution in [0.2, 0.25) is 0 Å². The molecule has 5 nitrogen and oxygen atoms in total. The summed E-state index contributed by atoms with van der Waals surface area (Å²) < 4.78 is 9.76. The van der Waals surface area contributed by atoms with Crippen LogP contribution >= 0.6 is 0 Å². The van der Waals surface area contributed by atoms with E-state index in [-0.39, 0.29) is 12.8 Å². The molecule has 0 saturated carbocycles. The molecule has 0 rings (SSSR count). The maximum Gasteiger partial charge on any atom is 0.308 e. The Hall–Kier alpha value is -1.10. The van der Waals surface area contributed by atoms with E-state index < -0.39 is 18.0 Å². The molecule has 0 fully saturated rings. The van der Waals surface area contributed by atoms with E-state index in [9.17, 15) is 14.7 Å². The summed E-state index contributed by atoms with van der Waals surface area (Å²) in [5, 5.41) is 9.50. The van der Waals surface area contributed by atoms with Gasteiger partial charge in [0.2, 0.25) is 0 Å². The second kappa shape index (κ2) is 11.0. The summed E-state index contributed by atoms with van der Waals surface area (Å²) in [4.78, 5) is 22.5. The van der Waals surface area contributed by atoms with E-state index in [4.69, 9.17) is 9.47 Å². The molecular weight excluding hydrogens is 236 g/mol. The highest BCUT2D eigenvalue weighted by Crippen LogP contribution is 2.03. The van der Waals surface area contributed by atoms with E-state index in [1.165, 1.54) is 0 Å². The first kappa shape index (κ1) is 16.9. The third-order valence-electron chi connectivity index (χ3n) is 2.33. The van der Waals surface area contributed by atoms with Crippen molar-refractivity contribution in [2.24, 2.45) is 0 Å². The Balaban J connectivity index is 3.64. The van der Waals surface area contributed by atoms with E-state index in [1.54, 1.807) is 0 Å². The lowest BCUT2D eigenvalue weighted by Crippen LogP contribution is -2.21. The van der Waals surface area contributed by atoms with Gasteiger partial charge in [0.05, 0.1) is 32.2 Å². The number of carbonyl (C=O) groups excluding carboxylic acids is 2. The second-order valence-electron chi connectivity index (χ2n) is 4.21. The quantitative estimate of drug-likeness (QED) is 0.479. The number of aliphatic hydroxyl groups is 1. The average Bonchev–Trinajstić information content (AvgIpc) is 2.29. The molecule has 0 amide bonds. The predicted octanol–water partition coefficient (Wildman–Crippen LogP) is 1.81. The minimum atomic E-state index is -1.02. The molecule has 0 spiro atoms. The Labute approximate surface area is 108 Å². The van der Waals surface area contributed by atoms with Crippen molar-refractivity contribution in [3.63, 3.8) is 0 Å².